The maximum Gasteiger partial charge on any atom is 0.167 e. The second-order valence-electron chi connectivity index (χ2n) is 4.61. The lowest BCUT2D eigenvalue weighted by Gasteiger charge is -2.27. The van der Waals surface area contributed by atoms with E-state index in [1.807, 2.05) is 32.0 Å². The number of rotatable bonds is 4. The zero-order valence-electron chi connectivity index (χ0n) is 11.2. The Hall–Kier alpha value is -1.26. The average molecular weight is 251 g/mol. The lowest BCUT2D eigenvalue weighted by Crippen LogP contribution is -2.33. The third-order valence-corrected chi connectivity index (χ3v) is 2.86. The molecule has 0 radical (unpaired) electrons. The minimum Gasteiger partial charge on any atom is -0.493 e. The van der Waals surface area contributed by atoms with Crippen molar-refractivity contribution in [2.75, 3.05) is 26.8 Å². The molecule has 1 unspecified atom stereocenters. The van der Waals surface area contributed by atoms with E-state index >= 15 is 0 Å². The van der Waals surface area contributed by atoms with Crippen molar-refractivity contribution in [3.8, 4) is 11.5 Å². The Morgan fingerprint density at radius 2 is 2.22 bits per heavy atom. The molecule has 1 aromatic rings. The van der Waals surface area contributed by atoms with Crippen LogP contribution in [0.5, 0.6) is 11.5 Å². The first kappa shape index (κ1) is 13.2. The fourth-order valence-electron chi connectivity index (χ4n) is 2.07. The lowest BCUT2D eigenvalue weighted by atomic mass is 10.1. The Labute approximate surface area is 108 Å². The summed E-state index contributed by atoms with van der Waals surface area (Å²) in [5.74, 6) is 1.55. The number of hydrogen-bond acceptors (Lipinski definition) is 4. The highest BCUT2D eigenvalue weighted by molar-refractivity contribution is 5.48. The Kier molecular flexibility index (Phi) is 4.44. The fraction of sp³-hybridized carbons (Fsp3) is 0.571. The van der Waals surface area contributed by atoms with E-state index in [-0.39, 0.29) is 12.2 Å². The maximum atomic E-state index is 5.89. The number of nitrogens with one attached hydrogen (secondary N) is 1. The molecule has 18 heavy (non-hydrogen) atoms. The monoisotopic (exact) mass is 251 g/mol. The Bertz CT molecular complexity index is 387. The van der Waals surface area contributed by atoms with Crippen molar-refractivity contribution < 1.29 is 14.2 Å². The first-order valence-electron chi connectivity index (χ1n) is 6.38. The molecule has 1 aromatic carbocycles. The van der Waals surface area contributed by atoms with Gasteiger partial charge in [-0.15, -0.1) is 0 Å². The molecular formula is C14H21NO3. The van der Waals surface area contributed by atoms with Crippen LogP contribution in [0.2, 0.25) is 0 Å². The van der Waals surface area contributed by atoms with Gasteiger partial charge in [0.25, 0.3) is 0 Å². The van der Waals surface area contributed by atoms with E-state index in [1.54, 1.807) is 7.11 Å². The van der Waals surface area contributed by atoms with Gasteiger partial charge in [-0.25, -0.2) is 0 Å². The maximum absolute atomic E-state index is 5.89. The van der Waals surface area contributed by atoms with Gasteiger partial charge in [-0.1, -0.05) is 12.1 Å². The molecule has 1 aliphatic heterocycles. The number of ether oxygens (including phenoxy) is 3. The molecule has 0 spiro atoms. The van der Waals surface area contributed by atoms with Crippen LogP contribution < -0.4 is 14.8 Å². The molecule has 4 nitrogen and oxygen atoms in total. The number of benzene rings is 1. The van der Waals surface area contributed by atoms with Gasteiger partial charge in [0.05, 0.1) is 25.9 Å². The van der Waals surface area contributed by atoms with Gasteiger partial charge in [0.1, 0.15) is 0 Å². The molecule has 100 valence electrons. The molecule has 1 fully saturated rings. The summed E-state index contributed by atoms with van der Waals surface area (Å²) in [7, 11) is 1.66. The number of methoxy groups -OCH3 is 1. The lowest BCUT2D eigenvalue weighted by molar-refractivity contribution is 0.0250. The van der Waals surface area contributed by atoms with E-state index in [4.69, 9.17) is 14.2 Å². The molecule has 1 aliphatic rings. The van der Waals surface area contributed by atoms with Crippen molar-refractivity contribution in [2.24, 2.45) is 0 Å². The van der Waals surface area contributed by atoms with E-state index in [2.05, 4.69) is 5.32 Å². The van der Waals surface area contributed by atoms with Crippen molar-refractivity contribution in [1.29, 1.82) is 0 Å². The van der Waals surface area contributed by atoms with Crippen LogP contribution in [0.3, 0.4) is 0 Å². The van der Waals surface area contributed by atoms with Gasteiger partial charge >= 0.3 is 0 Å². The molecule has 0 bridgehead atoms. The van der Waals surface area contributed by atoms with Crippen LogP contribution in [0.25, 0.3) is 0 Å². The van der Waals surface area contributed by atoms with E-state index < -0.39 is 0 Å². The van der Waals surface area contributed by atoms with Gasteiger partial charge in [0, 0.05) is 18.7 Å². The van der Waals surface area contributed by atoms with Crippen molar-refractivity contribution >= 4 is 0 Å². The largest absolute Gasteiger partial charge is 0.493 e. The quantitative estimate of drug-likeness (QED) is 0.890. The third-order valence-electron chi connectivity index (χ3n) is 2.86. The van der Waals surface area contributed by atoms with Gasteiger partial charge in [-0.05, 0) is 19.9 Å². The number of para-hydroxylation sites is 1. The zero-order valence-corrected chi connectivity index (χ0v) is 11.2. The third kappa shape index (κ3) is 2.94. The molecule has 1 heterocycles. The summed E-state index contributed by atoms with van der Waals surface area (Å²) in [5.41, 5.74) is 1.05. The second kappa shape index (κ2) is 6.07. The van der Waals surface area contributed by atoms with Crippen LogP contribution in [0.1, 0.15) is 25.5 Å². The highest BCUT2D eigenvalue weighted by Crippen LogP contribution is 2.37. The van der Waals surface area contributed by atoms with Gasteiger partial charge in [0.15, 0.2) is 11.5 Å². The summed E-state index contributed by atoms with van der Waals surface area (Å²) < 4.78 is 17.1. The average Bonchev–Trinajstić information content (AvgIpc) is 2.39. The smallest absolute Gasteiger partial charge is 0.167 e. The Morgan fingerprint density at radius 3 is 2.83 bits per heavy atom. The topological polar surface area (TPSA) is 39.7 Å². The predicted octanol–water partition coefficient (Wildman–Crippen LogP) is 2.14. The molecule has 0 aliphatic carbocycles. The van der Waals surface area contributed by atoms with Gasteiger partial charge in [0.2, 0.25) is 0 Å². The normalized spacial score (nSPS) is 19.9. The minimum atomic E-state index is 0.0302. The second-order valence-corrected chi connectivity index (χ2v) is 4.61. The summed E-state index contributed by atoms with van der Waals surface area (Å²) >= 11 is 0. The van der Waals surface area contributed by atoms with Gasteiger partial charge in [-0.3, -0.25) is 0 Å². The summed E-state index contributed by atoms with van der Waals surface area (Å²) in [5, 5.41) is 3.33. The fourth-order valence-corrected chi connectivity index (χ4v) is 2.07. The van der Waals surface area contributed by atoms with E-state index in [0.29, 0.717) is 0 Å². The van der Waals surface area contributed by atoms with E-state index in [9.17, 15) is 0 Å². The highest BCUT2D eigenvalue weighted by Gasteiger charge is 2.22. The highest BCUT2D eigenvalue weighted by atomic mass is 16.5. The first-order chi connectivity index (χ1) is 8.72. The van der Waals surface area contributed by atoms with Crippen molar-refractivity contribution in [1.82, 2.24) is 5.32 Å². The number of morpholine rings is 1. The minimum absolute atomic E-state index is 0.0302. The summed E-state index contributed by atoms with van der Waals surface area (Å²) in [6.45, 7) is 6.46. The van der Waals surface area contributed by atoms with Crippen LogP contribution in [-0.4, -0.2) is 32.9 Å². The van der Waals surface area contributed by atoms with Crippen LogP contribution in [-0.2, 0) is 4.74 Å². The van der Waals surface area contributed by atoms with Crippen LogP contribution >= 0.6 is 0 Å². The summed E-state index contributed by atoms with van der Waals surface area (Å²) in [6.07, 6.45) is 0.138. The van der Waals surface area contributed by atoms with Gasteiger partial charge < -0.3 is 19.5 Å². The zero-order chi connectivity index (χ0) is 13.0. The summed E-state index contributed by atoms with van der Waals surface area (Å²) in [4.78, 5) is 0. The van der Waals surface area contributed by atoms with E-state index in [0.717, 1.165) is 36.8 Å². The van der Waals surface area contributed by atoms with Crippen LogP contribution in [0.4, 0.5) is 0 Å². The van der Waals surface area contributed by atoms with Crippen molar-refractivity contribution in [3.05, 3.63) is 23.8 Å². The molecule has 1 N–H and O–H groups in total. The molecule has 4 heteroatoms. The van der Waals surface area contributed by atoms with E-state index in [1.165, 1.54) is 0 Å². The predicted molar refractivity (Wildman–Crippen MR) is 70.3 cm³/mol. The van der Waals surface area contributed by atoms with Crippen molar-refractivity contribution in [2.45, 2.75) is 26.1 Å². The molecule has 1 atom stereocenters. The number of hydrogen-bond donors (Lipinski definition) is 1. The molecule has 2 rings (SSSR count). The van der Waals surface area contributed by atoms with Crippen LogP contribution in [0.15, 0.2) is 18.2 Å². The standard InChI is InChI=1S/C14H21NO3/c1-10(2)18-14-11(5-4-6-12(14)16-3)13-9-15-7-8-17-13/h4-6,10,13,15H,7-9H2,1-3H3. The van der Waals surface area contributed by atoms with Crippen molar-refractivity contribution in [3.63, 3.8) is 0 Å². The molecular weight excluding hydrogens is 230 g/mol. The Balaban J connectivity index is 2.31. The summed E-state index contributed by atoms with van der Waals surface area (Å²) in [6, 6.07) is 5.93. The van der Waals surface area contributed by atoms with Crippen LogP contribution in [0, 0.1) is 0 Å². The Morgan fingerprint density at radius 1 is 1.39 bits per heavy atom. The molecule has 1 saturated heterocycles. The SMILES string of the molecule is COc1cccc(C2CNCCO2)c1OC(C)C. The molecule has 0 saturated carbocycles. The molecule has 0 aromatic heterocycles. The van der Waals surface area contributed by atoms with Gasteiger partial charge in [-0.2, -0.15) is 0 Å². The molecule has 0 amide bonds. The first-order valence-corrected chi connectivity index (χ1v) is 6.38.